The molecule has 1 amide bonds. The SMILES string of the molecule is CC1(C)CC(=O)C=C(C(=O)N2CCC[C@H](Nc3ccc4c(c3)OCCO4)C2)O1. The van der Waals surface area contributed by atoms with E-state index in [0.29, 0.717) is 26.3 Å². The summed E-state index contributed by atoms with van der Waals surface area (Å²) in [4.78, 5) is 26.6. The largest absolute Gasteiger partial charge is 0.486 e. The van der Waals surface area contributed by atoms with Crippen LogP contribution in [0.3, 0.4) is 0 Å². The average molecular weight is 386 g/mol. The maximum absolute atomic E-state index is 12.9. The van der Waals surface area contributed by atoms with E-state index in [1.807, 2.05) is 32.0 Å². The molecule has 0 radical (unpaired) electrons. The van der Waals surface area contributed by atoms with Crippen LogP contribution in [0.15, 0.2) is 30.0 Å². The van der Waals surface area contributed by atoms with E-state index in [-0.39, 0.29) is 29.9 Å². The number of ketones is 1. The Kier molecular flexibility index (Phi) is 4.91. The summed E-state index contributed by atoms with van der Waals surface area (Å²) in [6, 6.07) is 5.91. The lowest BCUT2D eigenvalue weighted by Gasteiger charge is -2.36. The first-order valence-corrected chi connectivity index (χ1v) is 9.79. The van der Waals surface area contributed by atoms with E-state index in [1.54, 1.807) is 4.90 Å². The molecule has 3 aliphatic rings. The van der Waals surface area contributed by atoms with Crippen molar-refractivity contribution in [3.63, 3.8) is 0 Å². The number of benzene rings is 1. The molecule has 3 aliphatic heterocycles. The maximum atomic E-state index is 12.9. The minimum absolute atomic E-state index is 0.0671. The van der Waals surface area contributed by atoms with Gasteiger partial charge in [-0.1, -0.05) is 0 Å². The Morgan fingerprint density at radius 1 is 1.21 bits per heavy atom. The number of rotatable bonds is 3. The van der Waals surface area contributed by atoms with Gasteiger partial charge in [-0.25, -0.2) is 0 Å². The van der Waals surface area contributed by atoms with Crippen LogP contribution in [0.5, 0.6) is 11.5 Å². The number of piperidine rings is 1. The Balaban J connectivity index is 1.42. The fraction of sp³-hybridized carbons (Fsp3) is 0.524. The molecule has 7 nitrogen and oxygen atoms in total. The smallest absolute Gasteiger partial charge is 0.289 e. The number of nitrogens with zero attached hydrogens (tertiary/aromatic N) is 1. The van der Waals surface area contributed by atoms with E-state index in [4.69, 9.17) is 14.2 Å². The predicted octanol–water partition coefficient (Wildman–Crippen LogP) is 2.51. The van der Waals surface area contributed by atoms with Gasteiger partial charge in [0.2, 0.25) is 0 Å². The van der Waals surface area contributed by atoms with Gasteiger partial charge >= 0.3 is 0 Å². The van der Waals surface area contributed by atoms with Gasteiger partial charge in [0.15, 0.2) is 23.0 Å². The topological polar surface area (TPSA) is 77.1 Å². The van der Waals surface area contributed by atoms with Crippen molar-refractivity contribution in [2.45, 2.75) is 44.8 Å². The molecule has 0 unspecified atom stereocenters. The van der Waals surface area contributed by atoms with Crippen LogP contribution in [-0.2, 0) is 14.3 Å². The van der Waals surface area contributed by atoms with Crippen molar-refractivity contribution in [2.24, 2.45) is 0 Å². The Morgan fingerprint density at radius 3 is 2.79 bits per heavy atom. The molecule has 0 aliphatic carbocycles. The van der Waals surface area contributed by atoms with E-state index in [9.17, 15) is 9.59 Å². The van der Waals surface area contributed by atoms with Crippen LogP contribution in [-0.4, -0.2) is 54.5 Å². The van der Waals surface area contributed by atoms with Crippen LogP contribution in [0, 0.1) is 0 Å². The average Bonchev–Trinajstić information content (AvgIpc) is 2.66. The lowest BCUT2D eigenvalue weighted by Crippen LogP contribution is -2.47. The number of hydrogen-bond acceptors (Lipinski definition) is 6. The number of carbonyl (C=O) groups excluding carboxylic acids is 2. The lowest BCUT2D eigenvalue weighted by molar-refractivity contribution is -0.138. The van der Waals surface area contributed by atoms with Crippen LogP contribution in [0.1, 0.15) is 33.1 Å². The first-order valence-electron chi connectivity index (χ1n) is 9.79. The van der Waals surface area contributed by atoms with Crippen molar-refractivity contribution >= 4 is 17.4 Å². The minimum Gasteiger partial charge on any atom is -0.486 e. The molecule has 1 atom stereocenters. The highest BCUT2D eigenvalue weighted by molar-refractivity contribution is 6.01. The fourth-order valence-corrected chi connectivity index (χ4v) is 3.89. The van der Waals surface area contributed by atoms with Crippen molar-refractivity contribution in [1.29, 1.82) is 0 Å². The molecule has 1 saturated heterocycles. The summed E-state index contributed by atoms with van der Waals surface area (Å²) in [5.41, 5.74) is 0.295. The third-order valence-electron chi connectivity index (χ3n) is 5.11. The molecule has 0 spiro atoms. The molecule has 1 N–H and O–H groups in total. The molecule has 150 valence electrons. The molecule has 0 saturated carbocycles. The fourth-order valence-electron chi connectivity index (χ4n) is 3.89. The third kappa shape index (κ3) is 4.08. The first-order chi connectivity index (χ1) is 13.4. The van der Waals surface area contributed by atoms with E-state index in [0.717, 1.165) is 30.0 Å². The summed E-state index contributed by atoms with van der Waals surface area (Å²) in [6.07, 6.45) is 3.48. The molecule has 3 heterocycles. The van der Waals surface area contributed by atoms with Crippen molar-refractivity contribution in [2.75, 3.05) is 31.6 Å². The maximum Gasteiger partial charge on any atom is 0.289 e. The highest BCUT2D eigenvalue weighted by Gasteiger charge is 2.35. The van der Waals surface area contributed by atoms with Gasteiger partial charge in [0.05, 0.1) is 0 Å². The predicted molar refractivity (Wildman–Crippen MR) is 104 cm³/mol. The van der Waals surface area contributed by atoms with E-state index >= 15 is 0 Å². The zero-order valence-electron chi connectivity index (χ0n) is 16.3. The van der Waals surface area contributed by atoms with Gasteiger partial charge in [-0.2, -0.15) is 0 Å². The number of ether oxygens (including phenoxy) is 3. The van der Waals surface area contributed by atoms with Gasteiger partial charge in [-0.3, -0.25) is 9.59 Å². The van der Waals surface area contributed by atoms with Crippen LogP contribution < -0.4 is 14.8 Å². The number of allylic oxidation sites excluding steroid dienone is 1. The van der Waals surface area contributed by atoms with E-state index < -0.39 is 5.60 Å². The highest BCUT2D eigenvalue weighted by Crippen LogP contribution is 2.33. The monoisotopic (exact) mass is 386 g/mol. The second kappa shape index (κ2) is 7.37. The molecule has 1 fully saturated rings. The molecule has 7 heteroatoms. The molecule has 4 rings (SSSR count). The second-order valence-electron chi connectivity index (χ2n) is 8.11. The van der Waals surface area contributed by atoms with Crippen molar-refractivity contribution < 1.29 is 23.8 Å². The molecule has 0 bridgehead atoms. The van der Waals surface area contributed by atoms with E-state index in [1.165, 1.54) is 6.08 Å². The normalized spacial score (nSPS) is 23.5. The lowest BCUT2D eigenvalue weighted by atomic mass is 9.98. The number of likely N-dealkylation sites (tertiary alicyclic amines) is 1. The number of nitrogens with one attached hydrogen (secondary N) is 1. The Bertz CT molecular complexity index is 817. The van der Waals surface area contributed by atoms with Gasteiger partial charge in [0.25, 0.3) is 5.91 Å². The van der Waals surface area contributed by atoms with Crippen molar-refractivity contribution in [3.8, 4) is 11.5 Å². The Hall–Kier alpha value is -2.70. The quantitative estimate of drug-likeness (QED) is 0.860. The zero-order valence-corrected chi connectivity index (χ0v) is 16.3. The van der Waals surface area contributed by atoms with Crippen molar-refractivity contribution in [1.82, 2.24) is 4.90 Å². The van der Waals surface area contributed by atoms with Crippen molar-refractivity contribution in [3.05, 3.63) is 30.0 Å². The summed E-state index contributed by atoms with van der Waals surface area (Å²) in [5.74, 6) is 1.37. The van der Waals surface area contributed by atoms with Gasteiger partial charge in [0.1, 0.15) is 18.8 Å². The number of anilines is 1. The zero-order chi connectivity index (χ0) is 19.7. The van der Waals surface area contributed by atoms with Gasteiger partial charge in [-0.05, 0) is 38.8 Å². The summed E-state index contributed by atoms with van der Waals surface area (Å²) in [7, 11) is 0. The van der Waals surface area contributed by atoms with Crippen LogP contribution in [0.25, 0.3) is 0 Å². The molecule has 1 aromatic rings. The number of fused-ring (bicyclic) bond motifs is 1. The summed E-state index contributed by atoms with van der Waals surface area (Å²) in [6.45, 7) is 5.99. The molecular formula is C21H26N2O5. The standard InChI is InChI=1S/C21H26N2O5/c1-21(2)12-16(24)11-19(28-21)20(25)23-7-3-4-15(13-23)22-14-5-6-17-18(10-14)27-9-8-26-17/h5-6,10-11,15,22H,3-4,7-9,12-13H2,1-2H3/t15-/m0/s1. The molecular weight excluding hydrogens is 360 g/mol. The Morgan fingerprint density at radius 2 is 2.00 bits per heavy atom. The highest BCUT2D eigenvalue weighted by atomic mass is 16.6. The molecule has 0 aromatic heterocycles. The van der Waals surface area contributed by atoms with Crippen LogP contribution in [0.4, 0.5) is 5.69 Å². The van der Waals surface area contributed by atoms with Crippen LogP contribution >= 0.6 is 0 Å². The van der Waals surface area contributed by atoms with Gasteiger partial charge in [0, 0.05) is 43.4 Å². The third-order valence-corrected chi connectivity index (χ3v) is 5.11. The van der Waals surface area contributed by atoms with Crippen LogP contribution in [0.2, 0.25) is 0 Å². The second-order valence-corrected chi connectivity index (χ2v) is 8.11. The molecule has 28 heavy (non-hydrogen) atoms. The Labute approximate surface area is 164 Å². The molecule has 1 aromatic carbocycles. The summed E-state index contributed by atoms with van der Waals surface area (Å²) >= 11 is 0. The first kappa shape index (κ1) is 18.7. The minimum atomic E-state index is -0.643. The van der Waals surface area contributed by atoms with Gasteiger partial charge in [-0.15, -0.1) is 0 Å². The summed E-state index contributed by atoms with van der Waals surface area (Å²) < 4.78 is 17.0. The number of carbonyl (C=O) groups is 2. The number of hydrogen-bond donors (Lipinski definition) is 1. The summed E-state index contributed by atoms with van der Waals surface area (Å²) in [5, 5.41) is 3.49. The van der Waals surface area contributed by atoms with Gasteiger partial charge < -0.3 is 24.4 Å². The van der Waals surface area contributed by atoms with E-state index in [2.05, 4.69) is 5.32 Å². The number of amides is 1.